The number of ether oxygens (including phenoxy) is 1. The molecule has 0 aliphatic rings. The van der Waals surface area contributed by atoms with Gasteiger partial charge in [0.25, 0.3) is 5.91 Å². The van der Waals surface area contributed by atoms with E-state index in [1.54, 1.807) is 4.90 Å². The molecule has 0 aliphatic heterocycles. The van der Waals surface area contributed by atoms with Crippen LogP contribution in [0.1, 0.15) is 24.2 Å². The van der Waals surface area contributed by atoms with Crippen molar-refractivity contribution in [3.63, 3.8) is 0 Å². The molecule has 5 nitrogen and oxygen atoms in total. The van der Waals surface area contributed by atoms with Gasteiger partial charge in [-0.25, -0.2) is 9.18 Å². The smallest absolute Gasteiger partial charge is 0.341 e. The van der Waals surface area contributed by atoms with Gasteiger partial charge in [-0.05, 0) is 62.4 Å². The van der Waals surface area contributed by atoms with E-state index in [1.807, 2.05) is 68.4 Å². The van der Waals surface area contributed by atoms with Gasteiger partial charge in [0.05, 0.1) is 5.56 Å². The lowest BCUT2D eigenvalue weighted by Gasteiger charge is -2.27. The third kappa shape index (κ3) is 5.23. The first-order chi connectivity index (χ1) is 14.5. The number of halogens is 1. The highest BCUT2D eigenvalue weighted by molar-refractivity contribution is 5.97. The van der Waals surface area contributed by atoms with Crippen LogP contribution in [-0.2, 0) is 9.53 Å². The second kappa shape index (κ2) is 9.69. The van der Waals surface area contributed by atoms with Crippen LogP contribution in [-0.4, -0.2) is 24.5 Å². The molecule has 1 N–H and O–H groups in total. The SMILES string of the molecule is CC(C)N(C(=O)COC(=O)c1ccccc1F)c1ccc(Nc2ccccc2)cc1. The van der Waals surface area contributed by atoms with E-state index >= 15 is 0 Å². The fourth-order valence-corrected chi connectivity index (χ4v) is 3.02. The number of amides is 1. The van der Waals surface area contributed by atoms with E-state index in [9.17, 15) is 14.0 Å². The molecule has 6 heteroatoms. The minimum atomic E-state index is -0.868. The highest BCUT2D eigenvalue weighted by atomic mass is 19.1. The lowest BCUT2D eigenvalue weighted by molar-refractivity contribution is -0.122. The Kier molecular flexibility index (Phi) is 6.80. The van der Waals surface area contributed by atoms with Crippen LogP contribution in [0.4, 0.5) is 21.5 Å². The molecular formula is C24H23FN2O3. The molecule has 3 rings (SSSR count). The number of nitrogens with zero attached hydrogens (tertiary/aromatic N) is 1. The van der Waals surface area contributed by atoms with Gasteiger partial charge < -0.3 is 15.0 Å². The number of hydrogen-bond donors (Lipinski definition) is 1. The Bertz CT molecular complexity index is 1000. The maximum absolute atomic E-state index is 13.7. The molecule has 0 saturated heterocycles. The molecule has 0 saturated carbocycles. The first kappa shape index (κ1) is 21.0. The van der Waals surface area contributed by atoms with E-state index in [1.165, 1.54) is 24.3 Å². The number of nitrogens with one attached hydrogen (secondary N) is 1. The van der Waals surface area contributed by atoms with E-state index in [0.717, 1.165) is 11.4 Å². The van der Waals surface area contributed by atoms with E-state index in [-0.39, 0.29) is 11.6 Å². The second-order valence-corrected chi connectivity index (χ2v) is 6.95. The van der Waals surface area contributed by atoms with Gasteiger partial charge in [-0.3, -0.25) is 4.79 Å². The summed E-state index contributed by atoms with van der Waals surface area (Å²) in [7, 11) is 0. The number of benzene rings is 3. The molecule has 0 atom stereocenters. The summed E-state index contributed by atoms with van der Waals surface area (Å²) in [6, 6.07) is 22.5. The molecular weight excluding hydrogens is 383 g/mol. The monoisotopic (exact) mass is 406 g/mol. The Hall–Kier alpha value is -3.67. The standard InChI is InChI=1S/C24H23FN2O3/c1-17(2)27(23(28)16-30-24(29)21-10-6-7-11-22(21)25)20-14-12-19(13-15-20)26-18-8-4-3-5-9-18/h3-15,17,26H,16H2,1-2H3. The molecule has 3 aromatic rings. The van der Waals surface area contributed by atoms with Crippen molar-refractivity contribution in [1.82, 2.24) is 0 Å². The van der Waals surface area contributed by atoms with Gasteiger partial charge in [-0.1, -0.05) is 30.3 Å². The van der Waals surface area contributed by atoms with Crippen LogP contribution >= 0.6 is 0 Å². The Labute approximate surface area is 175 Å². The predicted octanol–water partition coefficient (Wildman–Crippen LogP) is 5.17. The molecule has 154 valence electrons. The number of para-hydroxylation sites is 1. The zero-order valence-electron chi connectivity index (χ0n) is 16.8. The van der Waals surface area contributed by atoms with Gasteiger partial charge in [-0.2, -0.15) is 0 Å². The summed E-state index contributed by atoms with van der Waals surface area (Å²) in [5.41, 5.74) is 2.32. The highest BCUT2D eigenvalue weighted by Gasteiger charge is 2.22. The summed E-state index contributed by atoms with van der Waals surface area (Å²) >= 11 is 0. The van der Waals surface area contributed by atoms with Crippen molar-refractivity contribution in [3.8, 4) is 0 Å². The van der Waals surface area contributed by atoms with E-state index < -0.39 is 24.3 Å². The van der Waals surface area contributed by atoms with Crippen molar-refractivity contribution in [2.45, 2.75) is 19.9 Å². The van der Waals surface area contributed by atoms with Crippen LogP contribution in [0.25, 0.3) is 0 Å². The number of rotatable bonds is 7. The van der Waals surface area contributed by atoms with Crippen molar-refractivity contribution >= 4 is 28.9 Å². The summed E-state index contributed by atoms with van der Waals surface area (Å²) in [6.45, 7) is 3.26. The first-order valence-corrected chi connectivity index (χ1v) is 9.61. The largest absolute Gasteiger partial charge is 0.452 e. The molecule has 1 amide bonds. The quantitative estimate of drug-likeness (QED) is 0.550. The predicted molar refractivity (Wildman–Crippen MR) is 115 cm³/mol. The van der Waals surface area contributed by atoms with Crippen molar-refractivity contribution < 1.29 is 18.7 Å². The molecule has 0 unspecified atom stereocenters. The Morgan fingerprint density at radius 2 is 1.50 bits per heavy atom. The number of esters is 1. The van der Waals surface area contributed by atoms with Crippen molar-refractivity contribution in [2.75, 3.05) is 16.8 Å². The minimum Gasteiger partial charge on any atom is -0.452 e. The van der Waals surface area contributed by atoms with E-state index in [2.05, 4.69) is 5.32 Å². The minimum absolute atomic E-state index is 0.155. The van der Waals surface area contributed by atoms with Gasteiger partial charge in [0.15, 0.2) is 6.61 Å². The number of carbonyl (C=O) groups is 2. The van der Waals surface area contributed by atoms with Crippen LogP contribution in [0, 0.1) is 5.82 Å². The molecule has 0 bridgehead atoms. The Balaban J connectivity index is 1.66. The molecule has 0 radical (unpaired) electrons. The zero-order valence-corrected chi connectivity index (χ0v) is 16.8. The summed E-state index contributed by atoms with van der Waals surface area (Å²) in [5.74, 6) is -1.94. The Morgan fingerprint density at radius 1 is 0.900 bits per heavy atom. The van der Waals surface area contributed by atoms with Crippen molar-refractivity contribution in [1.29, 1.82) is 0 Å². The number of hydrogen-bond acceptors (Lipinski definition) is 4. The average molecular weight is 406 g/mol. The lowest BCUT2D eigenvalue weighted by atomic mass is 10.2. The highest BCUT2D eigenvalue weighted by Crippen LogP contribution is 2.23. The number of carbonyl (C=O) groups excluding carboxylic acids is 2. The molecule has 3 aromatic carbocycles. The van der Waals surface area contributed by atoms with Gasteiger partial charge in [0.1, 0.15) is 5.82 Å². The van der Waals surface area contributed by atoms with Crippen molar-refractivity contribution in [3.05, 3.63) is 90.2 Å². The van der Waals surface area contributed by atoms with Crippen LogP contribution < -0.4 is 10.2 Å². The van der Waals surface area contributed by atoms with Gasteiger partial charge in [0, 0.05) is 23.1 Å². The van der Waals surface area contributed by atoms with Crippen LogP contribution in [0.5, 0.6) is 0 Å². The zero-order chi connectivity index (χ0) is 21.5. The van der Waals surface area contributed by atoms with Gasteiger partial charge in [0.2, 0.25) is 0 Å². The third-order valence-electron chi connectivity index (χ3n) is 4.41. The molecule has 0 aliphatic carbocycles. The van der Waals surface area contributed by atoms with E-state index in [4.69, 9.17) is 4.74 Å². The lowest BCUT2D eigenvalue weighted by Crippen LogP contribution is -2.40. The van der Waals surface area contributed by atoms with Crippen LogP contribution in [0.15, 0.2) is 78.9 Å². The second-order valence-electron chi connectivity index (χ2n) is 6.95. The van der Waals surface area contributed by atoms with Gasteiger partial charge >= 0.3 is 5.97 Å². The van der Waals surface area contributed by atoms with Crippen molar-refractivity contribution in [2.24, 2.45) is 0 Å². The molecule has 0 heterocycles. The summed E-state index contributed by atoms with van der Waals surface area (Å²) in [5, 5.41) is 3.28. The molecule has 0 spiro atoms. The normalized spacial score (nSPS) is 10.5. The van der Waals surface area contributed by atoms with Crippen LogP contribution in [0.2, 0.25) is 0 Å². The Morgan fingerprint density at radius 3 is 2.13 bits per heavy atom. The third-order valence-corrected chi connectivity index (χ3v) is 4.41. The van der Waals surface area contributed by atoms with Crippen LogP contribution in [0.3, 0.4) is 0 Å². The average Bonchev–Trinajstić information content (AvgIpc) is 2.74. The number of anilines is 3. The summed E-state index contributed by atoms with van der Waals surface area (Å²) in [4.78, 5) is 26.3. The summed E-state index contributed by atoms with van der Waals surface area (Å²) < 4.78 is 18.8. The molecule has 0 aromatic heterocycles. The summed E-state index contributed by atoms with van der Waals surface area (Å²) in [6.07, 6.45) is 0. The maximum Gasteiger partial charge on any atom is 0.341 e. The fraction of sp³-hybridized carbons (Fsp3) is 0.167. The molecule has 0 fully saturated rings. The molecule has 30 heavy (non-hydrogen) atoms. The first-order valence-electron chi connectivity index (χ1n) is 9.61. The maximum atomic E-state index is 13.7. The van der Waals surface area contributed by atoms with E-state index in [0.29, 0.717) is 5.69 Å². The topological polar surface area (TPSA) is 58.6 Å². The van der Waals surface area contributed by atoms with Gasteiger partial charge in [-0.15, -0.1) is 0 Å². The fourth-order valence-electron chi connectivity index (χ4n) is 3.02.